The molecule has 0 spiro atoms. The second kappa shape index (κ2) is 10.3. The molecule has 1 fully saturated rings. The maximum Gasteiger partial charge on any atom is 0.373 e. The van der Waals surface area contributed by atoms with Gasteiger partial charge >= 0.3 is 17.5 Å². The van der Waals surface area contributed by atoms with Crippen molar-refractivity contribution in [2.45, 2.75) is 25.3 Å². The summed E-state index contributed by atoms with van der Waals surface area (Å²) in [5, 5.41) is 14.3. The number of primary amides is 1. The van der Waals surface area contributed by atoms with Gasteiger partial charge in [0.1, 0.15) is 18.1 Å². The highest BCUT2D eigenvalue weighted by Gasteiger charge is 2.38. The number of hydrogen-bond acceptors (Lipinski definition) is 10. The molecule has 3 N–H and O–H groups in total. The largest absolute Gasteiger partial charge is 0.469 e. The molecule has 2 heterocycles. The van der Waals surface area contributed by atoms with Crippen LogP contribution in [0.3, 0.4) is 0 Å². The van der Waals surface area contributed by atoms with Gasteiger partial charge in [-0.3, -0.25) is 24.5 Å². The van der Waals surface area contributed by atoms with Crippen LogP contribution in [0.4, 0.5) is 11.5 Å². The number of carbonyl (C=O) groups excluding carboxylic acids is 3. The molecule has 1 atom stereocenters. The first-order valence-corrected chi connectivity index (χ1v) is 9.95. The van der Waals surface area contributed by atoms with Gasteiger partial charge in [0, 0.05) is 6.54 Å². The predicted octanol–water partition coefficient (Wildman–Crippen LogP) is 0.463. The van der Waals surface area contributed by atoms with Gasteiger partial charge in [0.05, 0.1) is 25.0 Å². The number of ether oxygens (including phenoxy) is 2. The zero-order chi connectivity index (χ0) is 24.0. The molecule has 0 bridgehead atoms. The van der Waals surface area contributed by atoms with Gasteiger partial charge in [-0.25, -0.2) is 4.98 Å². The highest BCUT2D eigenvalue weighted by atomic mass is 16.6. The molecule has 13 heteroatoms. The number of aromatic nitrogens is 2. The second-order valence-electron chi connectivity index (χ2n) is 7.14. The van der Waals surface area contributed by atoms with Crippen LogP contribution in [-0.4, -0.2) is 58.9 Å². The van der Waals surface area contributed by atoms with E-state index in [1.54, 1.807) is 24.3 Å². The third-order valence-electron chi connectivity index (χ3n) is 4.93. The van der Waals surface area contributed by atoms with Crippen LogP contribution in [0.5, 0.6) is 11.6 Å². The van der Waals surface area contributed by atoms with Crippen LogP contribution in [0.25, 0.3) is 0 Å². The molecule has 1 aromatic heterocycles. The number of anilines is 1. The number of nitrogens with zero attached hydrogens (tertiary/aromatic N) is 4. The molecule has 0 saturated carbocycles. The number of esters is 1. The molecule has 0 aliphatic carbocycles. The minimum atomic E-state index is -0.761. The summed E-state index contributed by atoms with van der Waals surface area (Å²) in [7, 11) is 1.29. The van der Waals surface area contributed by atoms with E-state index in [-0.39, 0.29) is 30.4 Å². The predicted molar refractivity (Wildman–Crippen MR) is 113 cm³/mol. The summed E-state index contributed by atoms with van der Waals surface area (Å²) in [4.78, 5) is 55.5. The van der Waals surface area contributed by atoms with Gasteiger partial charge in [0.25, 0.3) is 0 Å². The number of nitrogens with one attached hydrogen (secondary N) is 1. The van der Waals surface area contributed by atoms with E-state index in [2.05, 4.69) is 20.0 Å². The molecule has 33 heavy (non-hydrogen) atoms. The molecule has 174 valence electrons. The number of hydrogen-bond donors (Lipinski definition) is 2. The SMILES string of the molecule is COC(=O)Cc1ccc(Oc2ncnc(N3CCCC3C(=O)NCC(N)=O)c2[N+](=O)[O-])cc1. The van der Waals surface area contributed by atoms with Crippen LogP contribution < -0.4 is 20.7 Å². The van der Waals surface area contributed by atoms with E-state index in [0.717, 1.165) is 6.33 Å². The zero-order valence-corrected chi connectivity index (χ0v) is 17.7. The first-order valence-electron chi connectivity index (χ1n) is 9.95. The van der Waals surface area contributed by atoms with Gasteiger partial charge in [0.2, 0.25) is 17.6 Å². The molecular weight excluding hydrogens is 436 g/mol. The van der Waals surface area contributed by atoms with Crippen LogP contribution in [0.1, 0.15) is 18.4 Å². The smallest absolute Gasteiger partial charge is 0.373 e. The Labute approximate surface area is 188 Å². The van der Waals surface area contributed by atoms with Crippen molar-refractivity contribution in [1.29, 1.82) is 0 Å². The molecule has 1 aliphatic rings. The van der Waals surface area contributed by atoms with E-state index < -0.39 is 34.4 Å². The fourth-order valence-corrected chi connectivity index (χ4v) is 3.41. The highest BCUT2D eigenvalue weighted by molar-refractivity contribution is 5.89. The van der Waals surface area contributed by atoms with Crippen molar-refractivity contribution in [3.8, 4) is 11.6 Å². The zero-order valence-electron chi connectivity index (χ0n) is 17.7. The maximum absolute atomic E-state index is 12.5. The van der Waals surface area contributed by atoms with Gasteiger partial charge in [-0.1, -0.05) is 12.1 Å². The van der Waals surface area contributed by atoms with Crippen LogP contribution in [0.15, 0.2) is 30.6 Å². The minimum absolute atomic E-state index is 0.0657. The van der Waals surface area contributed by atoms with Gasteiger partial charge in [-0.05, 0) is 30.5 Å². The van der Waals surface area contributed by atoms with E-state index in [1.165, 1.54) is 12.0 Å². The lowest BCUT2D eigenvalue weighted by Crippen LogP contribution is -2.46. The average molecular weight is 458 g/mol. The molecule has 1 aromatic carbocycles. The Morgan fingerprint density at radius 2 is 2.00 bits per heavy atom. The molecule has 1 saturated heterocycles. The third-order valence-corrected chi connectivity index (χ3v) is 4.93. The maximum atomic E-state index is 12.5. The van der Waals surface area contributed by atoms with Crippen molar-refractivity contribution < 1.29 is 28.8 Å². The molecular formula is C20H22N6O7. The molecule has 2 amide bonds. The summed E-state index contributed by atoms with van der Waals surface area (Å²) in [5.41, 5.74) is 5.25. The Bertz CT molecular complexity index is 1060. The normalized spacial score (nSPS) is 15.1. The quantitative estimate of drug-likeness (QED) is 0.304. The van der Waals surface area contributed by atoms with E-state index >= 15 is 0 Å². The minimum Gasteiger partial charge on any atom is -0.469 e. The Hall–Kier alpha value is -4.29. The van der Waals surface area contributed by atoms with Crippen LogP contribution in [0.2, 0.25) is 0 Å². The van der Waals surface area contributed by atoms with E-state index in [0.29, 0.717) is 24.9 Å². The number of nitro groups is 1. The summed E-state index contributed by atoms with van der Waals surface area (Å²) in [6.07, 6.45) is 2.19. The fourth-order valence-electron chi connectivity index (χ4n) is 3.41. The van der Waals surface area contributed by atoms with Gasteiger partial charge in [-0.2, -0.15) is 4.98 Å². The Morgan fingerprint density at radius 1 is 1.27 bits per heavy atom. The van der Waals surface area contributed by atoms with Crippen molar-refractivity contribution in [2.75, 3.05) is 25.1 Å². The summed E-state index contributed by atoms with van der Waals surface area (Å²) >= 11 is 0. The van der Waals surface area contributed by atoms with Crippen LogP contribution in [-0.2, 0) is 25.5 Å². The molecule has 2 aromatic rings. The summed E-state index contributed by atoms with van der Waals surface area (Å²) in [6, 6.07) is 5.57. The summed E-state index contributed by atoms with van der Waals surface area (Å²) in [5.74, 6) is -1.69. The topological polar surface area (TPSA) is 180 Å². The lowest BCUT2D eigenvalue weighted by molar-refractivity contribution is -0.385. The van der Waals surface area contributed by atoms with Crippen LogP contribution in [0, 0.1) is 10.1 Å². The van der Waals surface area contributed by atoms with E-state index in [1.807, 2.05) is 0 Å². The third kappa shape index (κ3) is 5.70. The van der Waals surface area contributed by atoms with Crippen molar-refractivity contribution in [3.63, 3.8) is 0 Å². The molecule has 13 nitrogen and oxygen atoms in total. The molecule has 1 unspecified atom stereocenters. The second-order valence-corrected chi connectivity index (χ2v) is 7.14. The number of rotatable bonds is 9. The highest BCUT2D eigenvalue weighted by Crippen LogP contribution is 2.38. The number of amides is 2. The number of methoxy groups -OCH3 is 1. The van der Waals surface area contributed by atoms with E-state index in [4.69, 9.17) is 10.5 Å². The first kappa shape index (κ1) is 23.4. The average Bonchev–Trinajstić information content (AvgIpc) is 3.28. The van der Waals surface area contributed by atoms with Gasteiger partial charge in [0.15, 0.2) is 0 Å². The summed E-state index contributed by atoms with van der Waals surface area (Å²) < 4.78 is 10.3. The van der Waals surface area contributed by atoms with Crippen LogP contribution >= 0.6 is 0 Å². The molecule has 3 rings (SSSR count). The monoisotopic (exact) mass is 458 g/mol. The fraction of sp³-hybridized carbons (Fsp3) is 0.350. The standard InChI is InChI=1S/C20H22N6O7/c1-32-16(28)9-12-4-6-13(7-5-12)33-20-17(26(30)31)18(23-11-24-20)25-8-2-3-14(25)19(29)22-10-15(21)27/h4-7,11,14H,2-3,8-10H2,1H3,(H2,21,27)(H,22,29). The number of nitrogens with two attached hydrogens (primary N) is 1. The van der Waals surface area contributed by atoms with Gasteiger partial charge < -0.3 is 25.4 Å². The lowest BCUT2D eigenvalue weighted by atomic mass is 10.1. The first-order chi connectivity index (χ1) is 15.8. The Balaban J connectivity index is 1.85. The van der Waals surface area contributed by atoms with E-state index in [9.17, 15) is 24.5 Å². The van der Waals surface area contributed by atoms with Crippen molar-refractivity contribution >= 4 is 29.3 Å². The summed E-state index contributed by atoms with van der Waals surface area (Å²) in [6.45, 7) is 0.00352. The van der Waals surface area contributed by atoms with Crippen molar-refractivity contribution in [2.24, 2.45) is 5.73 Å². The lowest BCUT2D eigenvalue weighted by Gasteiger charge is -2.24. The Kier molecular flexibility index (Phi) is 7.33. The van der Waals surface area contributed by atoms with Crippen molar-refractivity contribution in [1.82, 2.24) is 15.3 Å². The molecule has 1 aliphatic heterocycles. The van der Waals surface area contributed by atoms with Crippen molar-refractivity contribution in [3.05, 3.63) is 46.3 Å². The van der Waals surface area contributed by atoms with Gasteiger partial charge in [-0.15, -0.1) is 0 Å². The Morgan fingerprint density at radius 3 is 2.64 bits per heavy atom. The number of carbonyl (C=O) groups is 3. The number of benzene rings is 1. The molecule has 0 radical (unpaired) electrons.